The molecule has 112 valence electrons. The second kappa shape index (κ2) is 6.84. The number of primary amides is 1. The summed E-state index contributed by atoms with van der Waals surface area (Å²) in [4.78, 5) is 13.0. The summed E-state index contributed by atoms with van der Waals surface area (Å²) >= 11 is 0. The number of nitrogen functional groups attached to an aromatic ring is 1. The van der Waals surface area contributed by atoms with E-state index in [9.17, 15) is 4.79 Å². The number of likely N-dealkylation sites (tertiary alicyclic amines) is 1. The summed E-state index contributed by atoms with van der Waals surface area (Å²) in [6, 6.07) is 7.09. The first kappa shape index (κ1) is 15.0. The Morgan fingerprint density at radius 3 is 3.05 bits per heavy atom. The van der Waals surface area contributed by atoms with Crippen LogP contribution in [0.5, 0.6) is 5.75 Å². The smallest absolute Gasteiger partial charge is 0.315 e. The Morgan fingerprint density at radius 2 is 2.33 bits per heavy atom. The number of hydrogen-bond acceptors (Lipinski definition) is 4. The van der Waals surface area contributed by atoms with E-state index in [1.54, 1.807) is 23.1 Å². The van der Waals surface area contributed by atoms with Crippen LogP contribution in [0.25, 0.3) is 0 Å². The maximum absolute atomic E-state index is 11.3. The van der Waals surface area contributed by atoms with E-state index in [1.165, 1.54) is 0 Å². The van der Waals surface area contributed by atoms with Crippen molar-refractivity contribution in [2.45, 2.75) is 31.7 Å². The van der Waals surface area contributed by atoms with Crippen molar-refractivity contribution in [3.05, 3.63) is 23.8 Å². The number of benzene rings is 1. The van der Waals surface area contributed by atoms with Crippen LogP contribution in [-0.2, 0) is 0 Å². The Kier molecular flexibility index (Phi) is 4.88. The number of nitrogens with zero attached hydrogens (tertiary/aromatic N) is 2. The summed E-state index contributed by atoms with van der Waals surface area (Å²) in [5, 5.41) is 9.06. The molecule has 0 spiro atoms. The number of carbonyl (C=O) groups excluding carboxylic acids is 1. The molecule has 4 N–H and O–H groups in total. The zero-order valence-electron chi connectivity index (χ0n) is 11.9. The van der Waals surface area contributed by atoms with E-state index >= 15 is 0 Å². The zero-order valence-corrected chi connectivity index (χ0v) is 11.9. The predicted molar refractivity (Wildman–Crippen MR) is 79.6 cm³/mol. The lowest BCUT2D eigenvalue weighted by Gasteiger charge is -2.22. The molecule has 1 atom stereocenters. The first-order chi connectivity index (χ1) is 10.1. The Bertz CT molecular complexity index is 553. The number of carbonyl (C=O) groups is 1. The third-order valence-electron chi connectivity index (χ3n) is 3.77. The molecule has 2 rings (SSSR count). The number of nitrogens with two attached hydrogens (primary N) is 2. The predicted octanol–water partition coefficient (Wildman–Crippen LogP) is 1.84. The second-order valence-corrected chi connectivity index (χ2v) is 5.15. The van der Waals surface area contributed by atoms with Crippen molar-refractivity contribution in [2.75, 3.05) is 18.9 Å². The van der Waals surface area contributed by atoms with E-state index < -0.39 is 0 Å². The van der Waals surface area contributed by atoms with Crippen LogP contribution in [0.1, 0.15) is 31.2 Å². The molecule has 1 aliphatic rings. The van der Waals surface area contributed by atoms with Gasteiger partial charge in [-0.25, -0.2) is 4.79 Å². The number of hydrogen-bond donors (Lipinski definition) is 2. The lowest BCUT2D eigenvalue weighted by atomic mass is 10.1. The number of anilines is 1. The Balaban J connectivity index is 1.82. The minimum Gasteiger partial charge on any atom is -0.492 e. The van der Waals surface area contributed by atoms with E-state index in [-0.39, 0.29) is 12.1 Å². The highest BCUT2D eigenvalue weighted by molar-refractivity contribution is 5.72. The number of ether oxygens (including phenoxy) is 1. The second-order valence-electron chi connectivity index (χ2n) is 5.15. The summed E-state index contributed by atoms with van der Waals surface area (Å²) in [6.45, 7) is 1.23. The molecule has 6 nitrogen and oxygen atoms in total. The summed E-state index contributed by atoms with van der Waals surface area (Å²) in [5.74, 6) is 0.510. The van der Waals surface area contributed by atoms with Gasteiger partial charge in [0.15, 0.2) is 0 Å². The van der Waals surface area contributed by atoms with Gasteiger partial charge >= 0.3 is 6.03 Å². The average Bonchev–Trinajstić information content (AvgIpc) is 2.92. The van der Waals surface area contributed by atoms with Crippen LogP contribution in [0, 0.1) is 11.3 Å². The van der Waals surface area contributed by atoms with Gasteiger partial charge in [0.2, 0.25) is 0 Å². The van der Waals surface area contributed by atoms with Gasteiger partial charge < -0.3 is 21.1 Å². The fourth-order valence-corrected chi connectivity index (χ4v) is 2.72. The SMILES string of the molecule is N#Cc1c(N)cccc1OCCCC1CCCN1C(N)=O. The van der Waals surface area contributed by atoms with Gasteiger partial charge in [-0.1, -0.05) is 6.07 Å². The van der Waals surface area contributed by atoms with Crippen molar-refractivity contribution in [2.24, 2.45) is 5.73 Å². The Morgan fingerprint density at radius 1 is 1.52 bits per heavy atom. The van der Waals surface area contributed by atoms with Crippen LogP contribution in [0.15, 0.2) is 18.2 Å². The molecule has 1 aromatic carbocycles. The number of urea groups is 1. The van der Waals surface area contributed by atoms with Crippen LogP contribution in [0.3, 0.4) is 0 Å². The Hall–Kier alpha value is -2.42. The molecule has 2 amide bonds. The molecule has 0 saturated carbocycles. The highest BCUT2D eigenvalue weighted by atomic mass is 16.5. The number of rotatable bonds is 5. The van der Waals surface area contributed by atoms with Crippen molar-refractivity contribution in [3.8, 4) is 11.8 Å². The van der Waals surface area contributed by atoms with Crippen LogP contribution in [0.2, 0.25) is 0 Å². The van der Waals surface area contributed by atoms with E-state index in [0.29, 0.717) is 23.6 Å². The van der Waals surface area contributed by atoms with E-state index in [0.717, 1.165) is 32.2 Å². The van der Waals surface area contributed by atoms with Gasteiger partial charge in [-0.2, -0.15) is 5.26 Å². The normalized spacial score (nSPS) is 17.5. The molecule has 21 heavy (non-hydrogen) atoms. The summed E-state index contributed by atoms with van der Waals surface area (Å²) in [6.07, 6.45) is 3.65. The van der Waals surface area contributed by atoms with Gasteiger partial charge in [-0.15, -0.1) is 0 Å². The average molecular weight is 288 g/mol. The largest absolute Gasteiger partial charge is 0.492 e. The maximum Gasteiger partial charge on any atom is 0.315 e. The van der Waals surface area contributed by atoms with Gasteiger partial charge in [0.05, 0.1) is 12.3 Å². The molecule has 6 heteroatoms. The van der Waals surface area contributed by atoms with E-state index in [1.807, 2.05) is 6.07 Å². The molecule has 0 aromatic heterocycles. The minimum absolute atomic E-state index is 0.211. The van der Waals surface area contributed by atoms with Gasteiger partial charge in [0.1, 0.15) is 17.4 Å². The number of nitriles is 1. The fraction of sp³-hybridized carbons (Fsp3) is 0.467. The molecular weight excluding hydrogens is 268 g/mol. The summed E-state index contributed by atoms with van der Waals surface area (Å²) in [5.41, 5.74) is 11.9. The standard InChI is InChI=1S/C15H20N4O2/c16-10-12-13(17)6-1-7-14(12)21-9-3-5-11-4-2-8-19(11)15(18)20/h1,6-7,11H,2-5,8-9,17H2,(H2,18,20). The fourth-order valence-electron chi connectivity index (χ4n) is 2.72. The van der Waals surface area contributed by atoms with Crippen LogP contribution in [0.4, 0.5) is 10.5 Å². The third-order valence-corrected chi connectivity index (χ3v) is 3.77. The van der Waals surface area contributed by atoms with Gasteiger partial charge in [0.25, 0.3) is 0 Å². The Labute approximate surface area is 124 Å². The first-order valence-electron chi connectivity index (χ1n) is 7.11. The summed E-state index contributed by atoms with van der Waals surface area (Å²) < 4.78 is 5.63. The monoisotopic (exact) mass is 288 g/mol. The zero-order chi connectivity index (χ0) is 15.2. The lowest BCUT2D eigenvalue weighted by molar-refractivity contribution is 0.195. The molecule has 0 aliphatic carbocycles. The molecular formula is C15H20N4O2. The topological polar surface area (TPSA) is 105 Å². The van der Waals surface area contributed by atoms with Gasteiger partial charge in [-0.3, -0.25) is 0 Å². The molecule has 0 radical (unpaired) electrons. The van der Waals surface area contributed by atoms with Crippen molar-refractivity contribution in [1.82, 2.24) is 4.90 Å². The van der Waals surface area contributed by atoms with E-state index in [2.05, 4.69) is 0 Å². The first-order valence-corrected chi connectivity index (χ1v) is 7.11. The molecule has 1 saturated heterocycles. The minimum atomic E-state index is -0.346. The third kappa shape index (κ3) is 3.57. The highest BCUT2D eigenvalue weighted by Gasteiger charge is 2.26. The van der Waals surface area contributed by atoms with Crippen molar-refractivity contribution < 1.29 is 9.53 Å². The van der Waals surface area contributed by atoms with Crippen LogP contribution < -0.4 is 16.2 Å². The molecule has 0 bridgehead atoms. The van der Waals surface area contributed by atoms with Crippen LogP contribution in [-0.4, -0.2) is 30.1 Å². The van der Waals surface area contributed by atoms with Crippen molar-refractivity contribution in [3.63, 3.8) is 0 Å². The maximum atomic E-state index is 11.3. The quantitative estimate of drug-likeness (QED) is 0.637. The lowest BCUT2D eigenvalue weighted by Crippen LogP contribution is -2.39. The highest BCUT2D eigenvalue weighted by Crippen LogP contribution is 2.24. The molecule has 1 unspecified atom stereocenters. The van der Waals surface area contributed by atoms with Crippen molar-refractivity contribution >= 4 is 11.7 Å². The molecule has 1 aliphatic heterocycles. The van der Waals surface area contributed by atoms with Gasteiger partial charge in [-0.05, 0) is 37.8 Å². The van der Waals surface area contributed by atoms with E-state index in [4.69, 9.17) is 21.5 Å². The molecule has 1 heterocycles. The molecule has 1 fully saturated rings. The van der Waals surface area contributed by atoms with Crippen molar-refractivity contribution in [1.29, 1.82) is 5.26 Å². The molecule has 1 aromatic rings. The number of amides is 2. The van der Waals surface area contributed by atoms with Crippen LogP contribution >= 0.6 is 0 Å². The van der Waals surface area contributed by atoms with Gasteiger partial charge in [0, 0.05) is 12.6 Å². The summed E-state index contributed by atoms with van der Waals surface area (Å²) in [7, 11) is 0.